The van der Waals surface area contributed by atoms with Crippen LogP contribution in [0.2, 0.25) is 0 Å². The van der Waals surface area contributed by atoms with Crippen LogP contribution >= 0.6 is 0 Å². The first-order valence-electron chi connectivity index (χ1n) is 10.2. The molecule has 0 unspecified atom stereocenters. The number of nitrogens with zero attached hydrogens (tertiary/aromatic N) is 1. The van der Waals surface area contributed by atoms with Crippen LogP contribution in [0.1, 0.15) is 49.4 Å². The van der Waals surface area contributed by atoms with Gasteiger partial charge in [-0.1, -0.05) is 44.0 Å². The summed E-state index contributed by atoms with van der Waals surface area (Å²) in [5, 5.41) is 2.80. The largest absolute Gasteiger partial charge is 0.478 e. The van der Waals surface area contributed by atoms with Gasteiger partial charge in [-0.05, 0) is 43.5 Å². The number of ether oxygens (including phenoxy) is 1. The minimum atomic E-state index is -0.867. The number of nitrogens with one attached hydrogen (secondary N) is 1. The van der Waals surface area contributed by atoms with Crippen molar-refractivity contribution >= 4 is 17.5 Å². The van der Waals surface area contributed by atoms with Gasteiger partial charge in [0.15, 0.2) is 17.7 Å². The quantitative estimate of drug-likeness (QED) is 0.771. The Kier molecular flexibility index (Phi) is 7.22. The zero-order valence-electron chi connectivity index (χ0n) is 16.7. The molecular formula is C23H27FN2O3. The molecule has 0 bridgehead atoms. The third-order valence-corrected chi connectivity index (χ3v) is 5.08. The van der Waals surface area contributed by atoms with Gasteiger partial charge < -0.3 is 15.0 Å². The van der Waals surface area contributed by atoms with Crippen molar-refractivity contribution in [2.75, 3.05) is 18.4 Å². The third kappa shape index (κ3) is 5.34. The molecule has 1 atom stereocenters. The van der Waals surface area contributed by atoms with Gasteiger partial charge in [-0.15, -0.1) is 0 Å². The highest BCUT2D eigenvalue weighted by Gasteiger charge is 2.24. The molecule has 1 aliphatic rings. The highest BCUT2D eigenvalue weighted by Crippen LogP contribution is 2.22. The van der Waals surface area contributed by atoms with Gasteiger partial charge >= 0.3 is 0 Å². The molecule has 1 saturated heterocycles. The average Bonchev–Trinajstić information content (AvgIpc) is 3.02. The lowest BCUT2D eigenvalue weighted by Gasteiger charge is -2.23. The average molecular weight is 398 g/mol. The Hall–Kier alpha value is -2.89. The monoisotopic (exact) mass is 398 g/mol. The predicted octanol–water partition coefficient (Wildman–Crippen LogP) is 4.64. The van der Waals surface area contributed by atoms with E-state index in [-0.39, 0.29) is 11.7 Å². The molecule has 1 fully saturated rings. The molecule has 5 nitrogen and oxygen atoms in total. The molecule has 0 aromatic heterocycles. The Morgan fingerprint density at radius 3 is 2.38 bits per heavy atom. The molecule has 29 heavy (non-hydrogen) atoms. The summed E-state index contributed by atoms with van der Waals surface area (Å²) >= 11 is 0. The fraction of sp³-hybridized carbons (Fsp3) is 0.391. The summed E-state index contributed by atoms with van der Waals surface area (Å²) in [6.07, 6.45) is 3.75. The first kappa shape index (κ1) is 20.8. The first-order valence-corrected chi connectivity index (χ1v) is 10.2. The lowest BCUT2D eigenvalue weighted by atomic mass is 10.1. The zero-order valence-corrected chi connectivity index (χ0v) is 16.7. The number of carbonyl (C=O) groups is 2. The minimum Gasteiger partial charge on any atom is -0.478 e. The molecule has 3 rings (SSSR count). The number of amides is 2. The van der Waals surface area contributed by atoms with Gasteiger partial charge in [0.2, 0.25) is 0 Å². The fourth-order valence-corrected chi connectivity index (χ4v) is 3.45. The zero-order chi connectivity index (χ0) is 20.6. The summed E-state index contributed by atoms with van der Waals surface area (Å²) in [6, 6.07) is 13.0. The van der Waals surface area contributed by atoms with E-state index in [0.717, 1.165) is 38.8 Å². The molecule has 2 aromatic rings. The number of carbonyl (C=O) groups excluding carboxylic acids is 2. The SMILES string of the molecule is CC[C@@H](Oc1ccccc1F)C(=O)Nc1ccccc1C(=O)N1CCCCCC1. The van der Waals surface area contributed by atoms with Crippen LogP contribution in [-0.2, 0) is 4.79 Å². The molecule has 1 aliphatic heterocycles. The van der Waals surface area contributed by atoms with Crippen LogP contribution in [0.15, 0.2) is 48.5 Å². The summed E-state index contributed by atoms with van der Waals surface area (Å²) in [4.78, 5) is 27.7. The van der Waals surface area contributed by atoms with Crippen molar-refractivity contribution in [1.29, 1.82) is 0 Å². The molecule has 2 aromatic carbocycles. The molecule has 6 heteroatoms. The van der Waals surface area contributed by atoms with Gasteiger partial charge in [-0.25, -0.2) is 4.39 Å². The second kappa shape index (κ2) is 10.0. The lowest BCUT2D eigenvalue weighted by Crippen LogP contribution is -2.35. The van der Waals surface area contributed by atoms with E-state index in [0.29, 0.717) is 17.7 Å². The second-order valence-corrected chi connectivity index (χ2v) is 7.19. The number of hydrogen-bond donors (Lipinski definition) is 1. The maximum Gasteiger partial charge on any atom is 0.265 e. The van der Waals surface area contributed by atoms with Crippen molar-refractivity contribution in [3.8, 4) is 5.75 Å². The van der Waals surface area contributed by atoms with Crippen LogP contribution in [0.25, 0.3) is 0 Å². The van der Waals surface area contributed by atoms with E-state index in [2.05, 4.69) is 5.32 Å². The molecule has 154 valence electrons. The van der Waals surface area contributed by atoms with Crippen LogP contribution in [0.4, 0.5) is 10.1 Å². The molecule has 0 radical (unpaired) electrons. The predicted molar refractivity (Wildman–Crippen MR) is 111 cm³/mol. The summed E-state index contributed by atoms with van der Waals surface area (Å²) in [7, 11) is 0. The van der Waals surface area contributed by atoms with Crippen molar-refractivity contribution in [3.05, 3.63) is 59.9 Å². The number of likely N-dealkylation sites (tertiary alicyclic amines) is 1. The third-order valence-electron chi connectivity index (χ3n) is 5.08. The van der Waals surface area contributed by atoms with E-state index in [1.54, 1.807) is 43.3 Å². The Bertz CT molecular complexity index is 848. The minimum absolute atomic E-state index is 0.0310. The van der Waals surface area contributed by atoms with Crippen molar-refractivity contribution in [1.82, 2.24) is 4.90 Å². The number of para-hydroxylation sites is 2. The smallest absolute Gasteiger partial charge is 0.265 e. The highest BCUT2D eigenvalue weighted by atomic mass is 19.1. The molecule has 0 spiro atoms. The molecule has 2 amide bonds. The highest BCUT2D eigenvalue weighted by molar-refractivity contribution is 6.04. The summed E-state index contributed by atoms with van der Waals surface area (Å²) in [6.45, 7) is 3.25. The summed E-state index contributed by atoms with van der Waals surface area (Å²) < 4.78 is 19.5. The molecule has 1 N–H and O–H groups in total. The van der Waals surface area contributed by atoms with Gasteiger partial charge in [0.25, 0.3) is 11.8 Å². The number of hydrogen-bond acceptors (Lipinski definition) is 3. The van der Waals surface area contributed by atoms with Gasteiger partial charge in [-0.2, -0.15) is 0 Å². The van der Waals surface area contributed by atoms with Crippen LogP contribution < -0.4 is 10.1 Å². The van der Waals surface area contributed by atoms with E-state index in [1.807, 2.05) is 4.90 Å². The van der Waals surface area contributed by atoms with Crippen molar-refractivity contribution in [2.45, 2.75) is 45.1 Å². The lowest BCUT2D eigenvalue weighted by molar-refractivity contribution is -0.122. The second-order valence-electron chi connectivity index (χ2n) is 7.19. The van der Waals surface area contributed by atoms with Gasteiger partial charge in [0.1, 0.15) is 0 Å². The maximum absolute atomic E-state index is 13.9. The van der Waals surface area contributed by atoms with Gasteiger partial charge in [0, 0.05) is 13.1 Å². The Morgan fingerprint density at radius 1 is 1.03 bits per heavy atom. The van der Waals surface area contributed by atoms with E-state index < -0.39 is 17.8 Å². The fourth-order valence-electron chi connectivity index (χ4n) is 3.45. The van der Waals surface area contributed by atoms with E-state index >= 15 is 0 Å². The Balaban J connectivity index is 1.74. The topological polar surface area (TPSA) is 58.6 Å². The number of benzene rings is 2. The Labute approximate surface area is 170 Å². The normalized spacial score (nSPS) is 15.3. The van der Waals surface area contributed by atoms with Crippen LogP contribution in [-0.4, -0.2) is 35.9 Å². The van der Waals surface area contributed by atoms with E-state index in [1.165, 1.54) is 12.1 Å². The van der Waals surface area contributed by atoms with E-state index in [9.17, 15) is 14.0 Å². The molecule has 0 saturated carbocycles. The molecular weight excluding hydrogens is 371 g/mol. The summed E-state index contributed by atoms with van der Waals surface area (Å²) in [5.74, 6) is -0.975. The number of rotatable bonds is 6. The van der Waals surface area contributed by atoms with Gasteiger partial charge in [-0.3, -0.25) is 9.59 Å². The van der Waals surface area contributed by atoms with Crippen LogP contribution in [0, 0.1) is 5.82 Å². The number of halogens is 1. The standard InChI is InChI=1S/C23H27FN2O3/c1-2-20(29-21-14-8-6-12-18(21)24)22(27)25-19-13-7-5-11-17(19)23(28)26-15-9-3-4-10-16-26/h5-8,11-14,20H,2-4,9-10,15-16H2,1H3,(H,25,27)/t20-/m1/s1. The Morgan fingerprint density at radius 2 is 1.69 bits per heavy atom. The maximum atomic E-state index is 13.9. The van der Waals surface area contributed by atoms with Gasteiger partial charge in [0.05, 0.1) is 11.3 Å². The van der Waals surface area contributed by atoms with Crippen LogP contribution in [0.5, 0.6) is 5.75 Å². The van der Waals surface area contributed by atoms with Crippen molar-refractivity contribution < 1.29 is 18.7 Å². The van der Waals surface area contributed by atoms with Crippen LogP contribution in [0.3, 0.4) is 0 Å². The summed E-state index contributed by atoms with van der Waals surface area (Å²) in [5.41, 5.74) is 0.908. The van der Waals surface area contributed by atoms with E-state index in [4.69, 9.17) is 4.74 Å². The van der Waals surface area contributed by atoms with Crippen molar-refractivity contribution in [2.24, 2.45) is 0 Å². The molecule has 0 aliphatic carbocycles. The first-order chi connectivity index (χ1) is 14.1. The molecule has 1 heterocycles. The van der Waals surface area contributed by atoms with Crippen molar-refractivity contribution in [3.63, 3.8) is 0 Å². The number of anilines is 1.